The van der Waals surface area contributed by atoms with E-state index in [0.717, 1.165) is 12.1 Å². The van der Waals surface area contributed by atoms with Crippen LogP contribution in [0.5, 0.6) is 5.75 Å². The zero-order valence-corrected chi connectivity index (χ0v) is 10.2. The summed E-state index contributed by atoms with van der Waals surface area (Å²) in [5.74, 6) is -0.230. The quantitative estimate of drug-likeness (QED) is 0.481. The number of aliphatic imine (C=N–C) groups is 1. The Kier molecular flexibility index (Phi) is 4.33. The molecule has 8 heteroatoms. The van der Waals surface area contributed by atoms with Crippen LogP contribution in [0.1, 0.15) is 0 Å². The van der Waals surface area contributed by atoms with E-state index in [1.807, 2.05) is 0 Å². The van der Waals surface area contributed by atoms with Crippen LogP contribution in [0.3, 0.4) is 0 Å². The Morgan fingerprint density at radius 3 is 2.12 bits per heavy atom. The monoisotopic (exact) mass is 301 g/mol. The molecule has 0 amide bonds. The standard InChI is InChI=1S/C9H4Cl3F2NO2/c10-8(11,12)9(13,14)17-7-3-1-6(2-4-7)15-5-16/h1-4H. The number of isocyanates is 1. The Labute approximate surface area is 110 Å². The van der Waals surface area contributed by atoms with Gasteiger partial charge in [-0.25, -0.2) is 4.79 Å². The number of benzene rings is 1. The van der Waals surface area contributed by atoms with Crippen molar-refractivity contribution < 1.29 is 18.3 Å². The van der Waals surface area contributed by atoms with E-state index in [1.54, 1.807) is 0 Å². The van der Waals surface area contributed by atoms with Gasteiger partial charge >= 0.3 is 6.11 Å². The van der Waals surface area contributed by atoms with Crippen molar-refractivity contribution in [3.8, 4) is 5.75 Å². The lowest BCUT2D eigenvalue weighted by Crippen LogP contribution is -2.39. The van der Waals surface area contributed by atoms with Crippen molar-refractivity contribution in [3.05, 3.63) is 24.3 Å². The first-order valence-corrected chi connectivity index (χ1v) is 5.21. The third-order valence-corrected chi connectivity index (χ3v) is 2.25. The van der Waals surface area contributed by atoms with Gasteiger partial charge in [-0.2, -0.15) is 13.8 Å². The number of halogens is 5. The third kappa shape index (κ3) is 3.82. The minimum absolute atomic E-state index is 0.230. The first kappa shape index (κ1) is 14.2. The molecule has 0 aliphatic carbocycles. The summed E-state index contributed by atoms with van der Waals surface area (Å²) in [5.41, 5.74) is 0.240. The molecule has 0 saturated carbocycles. The van der Waals surface area contributed by atoms with Crippen LogP contribution in [0.2, 0.25) is 0 Å². The molecule has 3 nitrogen and oxygen atoms in total. The highest BCUT2D eigenvalue weighted by Crippen LogP contribution is 2.43. The number of nitrogens with zero attached hydrogens (tertiary/aromatic N) is 1. The molecule has 0 radical (unpaired) electrons. The van der Waals surface area contributed by atoms with Crippen LogP contribution in [-0.4, -0.2) is 16.0 Å². The lowest BCUT2D eigenvalue weighted by atomic mass is 10.3. The molecule has 0 unspecified atom stereocenters. The van der Waals surface area contributed by atoms with Gasteiger partial charge in [0.2, 0.25) is 6.08 Å². The van der Waals surface area contributed by atoms with Crippen LogP contribution in [0, 0.1) is 0 Å². The van der Waals surface area contributed by atoms with Gasteiger partial charge in [0.1, 0.15) is 5.75 Å². The minimum Gasteiger partial charge on any atom is -0.429 e. The molecule has 0 atom stereocenters. The maximum atomic E-state index is 13.2. The molecule has 92 valence electrons. The lowest BCUT2D eigenvalue weighted by Gasteiger charge is -2.23. The van der Waals surface area contributed by atoms with Gasteiger partial charge in [0.05, 0.1) is 5.69 Å². The maximum absolute atomic E-state index is 13.2. The van der Waals surface area contributed by atoms with E-state index in [2.05, 4.69) is 9.73 Å². The van der Waals surface area contributed by atoms with Crippen molar-refractivity contribution in [3.63, 3.8) is 0 Å². The van der Waals surface area contributed by atoms with Gasteiger partial charge in [-0.15, -0.1) is 0 Å². The van der Waals surface area contributed by atoms with Crippen molar-refractivity contribution in [2.75, 3.05) is 0 Å². The summed E-state index contributed by atoms with van der Waals surface area (Å²) in [4.78, 5) is 13.2. The van der Waals surface area contributed by atoms with Crippen molar-refractivity contribution in [1.82, 2.24) is 0 Å². The molecular formula is C9H4Cl3F2NO2. The van der Waals surface area contributed by atoms with E-state index in [-0.39, 0.29) is 11.4 Å². The van der Waals surface area contributed by atoms with Gasteiger partial charge in [0.15, 0.2) is 0 Å². The number of carbonyl (C=O) groups excluding carboxylic acids is 1. The predicted octanol–water partition coefficient (Wildman–Crippen LogP) is 4.00. The molecule has 0 heterocycles. The fraction of sp³-hybridized carbons (Fsp3) is 0.222. The molecule has 17 heavy (non-hydrogen) atoms. The van der Waals surface area contributed by atoms with Crippen molar-refractivity contribution in [2.45, 2.75) is 9.90 Å². The maximum Gasteiger partial charge on any atom is 0.446 e. The number of alkyl halides is 5. The summed E-state index contributed by atoms with van der Waals surface area (Å²) in [6.45, 7) is 0. The number of rotatable bonds is 3. The molecule has 0 bridgehead atoms. The zero-order chi connectivity index (χ0) is 13.1. The van der Waals surface area contributed by atoms with E-state index < -0.39 is 9.90 Å². The largest absolute Gasteiger partial charge is 0.446 e. The van der Waals surface area contributed by atoms with Crippen LogP contribution in [0.25, 0.3) is 0 Å². The van der Waals surface area contributed by atoms with Gasteiger partial charge in [-0.3, -0.25) is 0 Å². The van der Waals surface area contributed by atoms with Gasteiger partial charge < -0.3 is 4.74 Å². The topological polar surface area (TPSA) is 38.7 Å². The first-order chi connectivity index (χ1) is 7.76. The van der Waals surface area contributed by atoms with E-state index in [4.69, 9.17) is 34.8 Å². The fourth-order valence-electron chi connectivity index (χ4n) is 0.847. The fourth-order valence-corrected chi connectivity index (χ4v) is 0.963. The van der Waals surface area contributed by atoms with E-state index in [9.17, 15) is 13.6 Å². The van der Waals surface area contributed by atoms with Gasteiger partial charge in [0, 0.05) is 0 Å². The molecular weight excluding hydrogens is 298 g/mol. The molecule has 1 aromatic rings. The second-order valence-corrected chi connectivity index (χ2v) is 5.09. The zero-order valence-electron chi connectivity index (χ0n) is 7.96. The molecule has 0 aromatic heterocycles. The minimum atomic E-state index is -3.98. The van der Waals surface area contributed by atoms with Crippen molar-refractivity contribution >= 4 is 46.6 Å². The average molecular weight is 302 g/mol. The summed E-state index contributed by atoms with van der Waals surface area (Å²) >= 11 is 15.1. The van der Waals surface area contributed by atoms with Gasteiger partial charge in [0.25, 0.3) is 3.79 Å². The third-order valence-electron chi connectivity index (χ3n) is 1.59. The number of hydrogen-bond acceptors (Lipinski definition) is 3. The summed E-state index contributed by atoms with van der Waals surface area (Å²) in [7, 11) is 0. The smallest absolute Gasteiger partial charge is 0.429 e. The second kappa shape index (κ2) is 5.19. The van der Waals surface area contributed by atoms with Crippen LogP contribution < -0.4 is 4.74 Å². The lowest BCUT2D eigenvalue weighted by molar-refractivity contribution is -0.171. The highest BCUT2D eigenvalue weighted by Gasteiger charge is 2.53. The van der Waals surface area contributed by atoms with Crippen molar-refractivity contribution in [1.29, 1.82) is 0 Å². The second-order valence-electron chi connectivity index (χ2n) is 2.81. The molecule has 0 aliphatic heterocycles. The van der Waals surface area contributed by atoms with Gasteiger partial charge in [-0.05, 0) is 24.3 Å². The number of ether oxygens (including phenoxy) is 1. The molecule has 0 aliphatic rings. The SMILES string of the molecule is O=C=Nc1ccc(OC(F)(F)C(Cl)(Cl)Cl)cc1. The Morgan fingerprint density at radius 1 is 1.18 bits per heavy atom. The molecule has 0 saturated heterocycles. The normalized spacial score (nSPS) is 11.8. The van der Waals surface area contributed by atoms with Crippen molar-refractivity contribution in [2.24, 2.45) is 4.99 Å². The Bertz CT molecular complexity index is 439. The van der Waals surface area contributed by atoms with Crippen LogP contribution >= 0.6 is 34.8 Å². The highest BCUT2D eigenvalue weighted by atomic mass is 35.6. The average Bonchev–Trinajstić information content (AvgIpc) is 2.19. The summed E-state index contributed by atoms with van der Waals surface area (Å²) in [6, 6.07) is 4.85. The Balaban J connectivity index is 2.86. The first-order valence-electron chi connectivity index (χ1n) is 4.08. The summed E-state index contributed by atoms with van der Waals surface area (Å²) in [5, 5.41) is 0. The summed E-state index contributed by atoms with van der Waals surface area (Å²) in [6.07, 6.45) is -2.68. The number of hydrogen-bond donors (Lipinski definition) is 0. The highest BCUT2D eigenvalue weighted by molar-refractivity contribution is 6.68. The van der Waals surface area contributed by atoms with E-state index in [1.165, 1.54) is 18.2 Å². The predicted molar refractivity (Wildman–Crippen MR) is 60.1 cm³/mol. The van der Waals surface area contributed by atoms with Crippen LogP contribution in [0.4, 0.5) is 14.5 Å². The molecule has 0 N–H and O–H groups in total. The van der Waals surface area contributed by atoms with Crippen LogP contribution in [0.15, 0.2) is 29.3 Å². The molecule has 1 aromatic carbocycles. The van der Waals surface area contributed by atoms with Gasteiger partial charge in [-0.1, -0.05) is 34.8 Å². The Morgan fingerprint density at radius 2 is 1.71 bits per heavy atom. The molecule has 0 fully saturated rings. The van der Waals surface area contributed by atoms with E-state index >= 15 is 0 Å². The van der Waals surface area contributed by atoms with E-state index in [0.29, 0.717) is 0 Å². The molecule has 0 spiro atoms. The molecule has 1 rings (SSSR count). The Hall–Kier alpha value is -0.870. The van der Waals surface area contributed by atoms with Crippen LogP contribution in [-0.2, 0) is 4.79 Å². The summed E-state index contributed by atoms with van der Waals surface area (Å²) < 4.78 is 27.7.